The monoisotopic (exact) mass is 216 g/mol. The van der Waals surface area contributed by atoms with Crippen LogP contribution in [0.3, 0.4) is 0 Å². The molecule has 14 heavy (non-hydrogen) atoms. The van der Waals surface area contributed by atoms with Gasteiger partial charge in [-0.25, -0.2) is 8.42 Å². The summed E-state index contributed by atoms with van der Waals surface area (Å²) in [5.41, 5.74) is 0.961. The molecule has 1 aromatic rings. The number of aryl methyl sites for hydroxylation is 2. The molecule has 1 rings (SSSR count). The molecule has 0 spiro atoms. The molecule has 0 aromatic carbocycles. The van der Waals surface area contributed by atoms with E-state index < -0.39 is 9.84 Å². The lowest BCUT2D eigenvalue weighted by Crippen LogP contribution is -2.11. The van der Waals surface area contributed by atoms with Gasteiger partial charge in [0.1, 0.15) is 9.84 Å². The van der Waals surface area contributed by atoms with Crippen molar-refractivity contribution < 1.29 is 8.42 Å². The van der Waals surface area contributed by atoms with Gasteiger partial charge in [0, 0.05) is 18.5 Å². The molecule has 0 aliphatic heterocycles. The van der Waals surface area contributed by atoms with Crippen LogP contribution in [0.4, 0.5) is 0 Å². The Morgan fingerprint density at radius 3 is 2.71 bits per heavy atom. The van der Waals surface area contributed by atoms with Gasteiger partial charge in [0.2, 0.25) is 0 Å². The van der Waals surface area contributed by atoms with Crippen LogP contribution in [0.1, 0.15) is 19.0 Å². The van der Waals surface area contributed by atoms with E-state index >= 15 is 0 Å². The van der Waals surface area contributed by atoms with E-state index in [-0.39, 0.29) is 11.5 Å². The minimum absolute atomic E-state index is 0.227. The van der Waals surface area contributed by atoms with Crippen molar-refractivity contribution in [3.63, 3.8) is 0 Å². The maximum Gasteiger partial charge on any atom is 0.150 e. The smallest absolute Gasteiger partial charge is 0.150 e. The first-order chi connectivity index (χ1) is 6.53. The van der Waals surface area contributed by atoms with Gasteiger partial charge in [-0.3, -0.25) is 4.68 Å². The molecule has 0 saturated heterocycles. The first-order valence-corrected chi connectivity index (χ1v) is 6.56. The summed E-state index contributed by atoms with van der Waals surface area (Å²) < 4.78 is 24.1. The lowest BCUT2D eigenvalue weighted by atomic mass is 10.5. The van der Waals surface area contributed by atoms with Gasteiger partial charge < -0.3 is 0 Å². The van der Waals surface area contributed by atoms with E-state index in [1.807, 2.05) is 19.2 Å². The molecule has 0 saturated carbocycles. The highest BCUT2D eigenvalue weighted by Crippen LogP contribution is 1.98. The standard InChI is InChI=1S/C9H16N2O2S/c1-3-14(12,13)8-4-6-11-7-5-9(2)10-11/h5,7H,3-4,6,8H2,1-2H3. The van der Waals surface area contributed by atoms with Gasteiger partial charge in [0.25, 0.3) is 0 Å². The molecule has 0 fully saturated rings. The van der Waals surface area contributed by atoms with Crippen molar-refractivity contribution in [1.29, 1.82) is 0 Å². The van der Waals surface area contributed by atoms with Gasteiger partial charge in [0.05, 0.1) is 11.4 Å². The second kappa shape index (κ2) is 4.59. The number of sulfone groups is 1. The fourth-order valence-electron chi connectivity index (χ4n) is 1.18. The van der Waals surface area contributed by atoms with Crippen LogP contribution in [-0.4, -0.2) is 29.7 Å². The van der Waals surface area contributed by atoms with Crippen LogP contribution in [-0.2, 0) is 16.4 Å². The highest BCUT2D eigenvalue weighted by atomic mass is 32.2. The number of hydrogen-bond acceptors (Lipinski definition) is 3. The third-order valence-corrected chi connectivity index (χ3v) is 3.85. The van der Waals surface area contributed by atoms with E-state index in [2.05, 4.69) is 5.10 Å². The average Bonchev–Trinajstić information content (AvgIpc) is 2.51. The number of rotatable bonds is 5. The molecule has 1 aromatic heterocycles. The van der Waals surface area contributed by atoms with Crippen LogP contribution >= 0.6 is 0 Å². The molecule has 80 valence electrons. The molecule has 0 aliphatic carbocycles. The van der Waals surface area contributed by atoms with Crippen LogP contribution in [0, 0.1) is 6.92 Å². The van der Waals surface area contributed by atoms with Crippen molar-refractivity contribution in [2.24, 2.45) is 0 Å². The summed E-state index contributed by atoms with van der Waals surface area (Å²) in [4.78, 5) is 0. The Hall–Kier alpha value is -0.840. The van der Waals surface area contributed by atoms with E-state index in [0.29, 0.717) is 13.0 Å². The fourth-order valence-corrected chi connectivity index (χ4v) is 2.04. The van der Waals surface area contributed by atoms with Crippen molar-refractivity contribution in [1.82, 2.24) is 9.78 Å². The molecule has 0 aliphatic rings. The van der Waals surface area contributed by atoms with E-state index in [1.165, 1.54) is 0 Å². The zero-order valence-corrected chi connectivity index (χ0v) is 9.42. The zero-order valence-electron chi connectivity index (χ0n) is 8.60. The number of aromatic nitrogens is 2. The molecule has 4 nitrogen and oxygen atoms in total. The Morgan fingerprint density at radius 1 is 1.50 bits per heavy atom. The van der Waals surface area contributed by atoms with Crippen LogP contribution in [0.5, 0.6) is 0 Å². The summed E-state index contributed by atoms with van der Waals surface area (Å²) in [6, 6.07) is 1.91. The Balaban J connectivity index is 2.36. The zero-order chi connectivity index (χ0) is 10.6. The quantitative estimate of drug-likeness (QED) is 0.738. The van der Waals surface area contributed by atoms with Crippen LogP contribution in [0.15, 0.2) is 12.3 Å². The predicted octanol–water partition coefficient (Wildman–Crippen LogP) is 1.02. The first kappa shape index (κ1) is 11.2. The van der Waals surface area contributed by atoms with Gasteiger partial charge in [-0.15, -0.1) is 0 Å². The predicted molar refractivity (Wildman–Crippen MR) is 55.9 cm³/mol. The molecule has 0 unspecified atom stereocenters. The summed E-state index contributed by atoms with van der Waals surface area (Å²) >= 11 is 0. The van der Waals surface area contributed by atoms with E-state index in [9.17, 15) is 8.42 Å². The van der Waals surface area contributed by atoms with E-state index in [4.69, 9.17) is 0 Å². The molecule has 5 heteroatoms. The topological polar surface area (TPSA) is 52.0 Å². The Morgan fingerprint density at radius 2 is 2.21 bits per heavy atom. The number of hydrogen-bond donors (Lipinski definition) is 0. The largest absolute Gasteiger partial charge is 0.272 e. The second-order valence-corrected chi connectivity index (χ2v) is 5.78. The lowest BCUT2D eigenvalue weighted by molar-refractivity contribution is 0.572. The van der Waals surface area contributed by atoms with Crippen LogP contribution in [0.25, 0.3) is 0 Å². The Bertz CT molecular complexity index is 381. The summed E-state index contributed by atoms with van der Waals surface area (Å²) in [7, 11) is -2.82. The average molecular weight is 216 g/mol. The van der Waals surface area contributed by atoms with Gasteiger partial charge in [-0.05, 0) is 19.4 Å². The van der Waals surface area contributed by atoms with Crippen LogP contribution in [0.2, 0.25) is 0 Å². The van der Waals surface area contributed by atoms with Gasteiger partial charge in [-0.2, -0.15) is 5.10 Å². The molecule has 0 atom stereocenters. The third-order valence-electron chi connectivity index (χ3n) is 2.06. The molecule has 0 amide bonds. The third kappa shape index (κ3) is 3.49. The van der Waals surface area contributed by atoms with Gasteiger partial charge in [-0.1, -0.05) is 6.92 Å². The lowest BCUT2D eigenvalue weighted by Gasteiger charge is -2.01. The SMILES string of the molecule is CCS(=O)(=O)CCCn1ccc(C)n1. The highest BCUT2D eigenvalue weighted by molar-refractivity contribution is 7.91. The Labute approximate surface area is 84.9 Å². The second-order valence-electron chi connectivity index (χ2n) is 3.31. The molecular weight excluding hydrogens is 200 g/mol. The van der Waals surface area contributed by atoms with E-state index in [0.717, 1.165) is 5.69 Å². The Kier molecular flexibility index (Phi) is 3.69. The minimum Gasteiger partial charge on any atom is -0.272 e. The van der Waals surface area contributed by atoms with Crippen molar-refractivity contribution in [2.75, 3.05) is 11.5 Å². The van der Waals surface area contributed by atoms with Crippen LogP contribution < -0.4 is 0 Å². The molecule has 0 N–H and O–H groups in total. The minimum atomic E-state index is -2.82. The molecular formula is C9H16N2O2S. The summed E-state index contributed by atoms with van der Waals surface area (Å²) in [5, 5.41) is 4.18. The normalized spacial score (nSPS) is 11.9. The fraction of sp³-hybridized carbons (Fsp3) is 0.667. The molecule has 0 bridgehead atoms. The number of nitrogens with zero attached hydrogens (tertiary/aromatic N) is 2. The van der Waals surface area contributed by atoms with Gasteiger partial charge >= 0.3 is 0 Å². The first-order valence-electron chi connectivity index (χ1n) is 4.74. The maximum absolute atomic E-state index is 11.2. The summed E-state index contributed by atoms with van der Waals surface area (Å²) in [5.74, 6) is 0.480. The van der Waals surface area contributed by atoms with Crippen molar-refractivity contribution in [3.05, 3.63) is 18.0 Å². The van der Waals surface area contributed by atoms with Gasteiger partial charge in [0.15, 0.2) is 0 Å². The van der Waals surface area contributed by atoms with Crippen molar-refractivity contribution in [3.8, 4) is 0 Å². The van der Waals surface area contributed by atoms with Crippen molar-refractivity contribution in [2.45, 2.75) is 26.8 Å². The highest BCUT2D eigenvalue weighted by Gasteiger charge is 2.06. The molecule has 0 radical (unpaired) electrons. The summed E-state index contributed by atoms with van der Waals surface area (Å²) in [6.45, 7) is 4.26. The van der Waals surface area contributed by atoms with Crippen molar-refractivity contribution >= 4 is 9.84 Å². The van der Waals surface area contributed by atoms with E-state index in [1.54, 1.807) is 11.6 Å². The summed E-state index contributed by atoms with van der Waals surface area (Å²) in [6.07, 6.45) is 2.51. The molecule has 1 heterocycles. The maximum atomic E-state index is 11.2.